The van der Waals surface area contributed by atoms with Crippen LogP contribution in [0.1, 0.15) is 41.6 Å². The lowest BCUT2D eigenvalue weighted by Gasteiger charge is -2.25. The second-order valence-electron chi connectivity index (χ2n) is 3.86. The van der Waals surface area contributed by atoms with Crippen molar-refractivity contribution in [3.63, 3.8) is 0 Å². The number of carbonyl (C=O) groups is 1. The molecule has 1 aliphatic rings. The average molecular weight is 224 g/mol. The molecule has 2 heterocycles. The van der Waals surface area contributed by atoms with Gasteiger partial charge in [0.2, 0.25) is 0 Å². The quantitative estimate of drug-likeness (QED) is 0.767. The van der Waals surface area contributed by atoms with Gasteiger partial charge in [0.1, 0.15) is 11.3 Å². The van der Waals surface area contributed by atoms with Crippen LogP contribution in [0.2, 0.25) is 0 Å². The molecule has 0 atom stereocenters. The molecule has 1 aliphatic heterocycles. The lowest BCUT2D eigenvalue weighted by molar-refractivity contribution is -0.144. The van der Waals surface area contributed by atoms with Crippen LogP contribution in [0.3, 0.4) is 0 Å². The van der Waals surface area contributed by atoms with Crippen LogP contribution in [-0.4, -0.2) is 29.3 Å². The molecule has 5 nitrogen and oxygen atoms in total. The lowest BCUT2D eigenvalue weighted by atomic mass is 10.1. The number of hydrogen-bond acceptors (Lipinski definition) is 4. The number of hydroxylamine groups is 2. The van der Waals surface area contributed by atoms with Gasteiger partial charge in [-0.2, -0.15) is 0 Å². The van der Waals surface area contributed by atoms with Gasteiger partial charge in [0.05, 0.1) is 12.3 Å². The third kappa shape index (κ3) is 1.95. The zero-order valence-corrected chi connectivity index (χ0v) is 9.65. The molecular formula is C11H16N2O3. The second kappa shape index (κ2) is 4.65. The van der Waals surface area contributed by atoms with Crippen LogP contribution in [0.4, 0.5) is 0 Å². The molecule has 1 fully saturated rings. The number of aryl methyl sites for hydroxylation is 2. The first-order chi connectivity index (χ1) is 7.74. The molecule has 0 radical (unpaired) electrons. The molecule has 0 saturated carbocycles. The maximum Gasteiger partial charge on any atom is 0.282 e. The summed E-state index contributed by atoms with van der Waals surface area (Å²) in [4.78, 5) is 17.5. The van der Waals surface area contributed by atoms with Gasteiger partial charge in [0.25, 0.3) is 5.91 Å². The summed E-state index contributed by atoms with van der Waals surface area (Å²) in [6.45, 7) is 4.96. The Morgan fingerprint density at radius 2 is 2.31 bits per heavy atom. The van der Waals surface area contributed by atoms with Crippen LogP contribution < -0.4 is 0 Å². The van der Waals surface area contributed by atoms with E-state index >= 15 is 0 Å². The summed E-state index contributed by atoms with van der Waals surface area (Å²) < 4.78 is 5.05. The van der Waals surface area contributed by atoms with E-state index in [2.05, 4.69) is 5.16 Å². The Hall–Kier alpha value is -1.36. The minimum atomic E-state index is -0.129. The van der Waals surface area contributed by atoms with E-state index in [1.165, 1.54) is 5.06 Å². The van der Waals surface area contributed by atoms with Crippen LogP contribution in [0.5, 0.6) is 0 Å². The average Bonchev–Trinajstić information content (AvgIpc) is 2.70. The Kier molecular flexibility index (Phi) is 3.24. The van der Waals surface area contributed by atoms with Crippen LogP contribution in [0.15, 0.2) is 4.52 Å². The summed E-state index contributed by atoms with van der Waals surface area (Å²) in [5.41, 5.74) is 1.26. The van der Waals surface area contributed by atoms with Crippen molar-refractivity contribution in [2.45, 2.75) is 33.1 Å². The van der Waals surface area contributed by atoms with Gasteiger partial charge >= 0.3 is 0 Å². The van der Waals surface area contributed by atoms with Gasteiger partial charge in [-0.05, 0) is 26.2 Å². The summed E-state index contributed by atoms with van der Waals surface area (Å²) in [6, 6.07) is 0. The van der Waals surface area contributed by atoms with Gasteiger partial charge < -0.3 is 4.52 Å². The maximum absolute atomic E-state index is 12.2. The number of carbonyl (C=O) groups excluding carboxylic acids is 1. The van der Waals surface area contributed by atoms with Gasteiger partial charge in [-0.15, -0.1) is 0 Å². The Morgan fingerprint density at radius 1 is 1.50 bits per heavy atom. The summed E-state index contributed by atoms with van der Waals surface area (Å²) >= 11 is 0. The summed E-state index contributed by atoms with van der Waals surface area (Å²) in [5.74, 6) is 0.436. The van der Waals surface area contributed by atoms with E-state index in [4.69, 9.17) is 9.36 Å². The van der Waals surface area contributed by atoms with Crippen molar-refractivity contribution >= 4 is 5.91 Å². The predicted octanol–water partition coefficient (Wildman–Crippen LogP) is 1.71. The van der Waals surface area contributed by atoms with Crippen molar-refractivity contribution in [2.75, 3.05) is 13.2 Å². The summed E-state index contributed by atoms with van der Waals surface area (Å²) in [6.07, 6.45) is 2.68. The third-order valence-corrected chi connectivity index (χ3v) is 2.71. The molecule has 1 saturated heterocycles. The van der Waals surface area contributed by atoms with Gasteiger partial charge in [-0.3, -0.25) is 9.63 Å². The fraction of sp³-hybridized carbons (Fsp3) is 0.636. The topological polar surface area (TPSA) is 55.6 Å². The Morgan fingerprint density at radius 3 is 2.94 bits per heavy atom. The summed E-state index contributed by atoms with van der Waals surface area (Å²) in [5, 5.41) is 5.29. The smallest absolute Gasteiger partial charge is 0.282 e. The molecule has 0 spiro atoms. The Balaban J connectivity index is 2.21. The number of rotatable bonds is 2. The number of amides is 1. The second-order valence-corrected chi connectivity index (χ2v) is 3.86. The molecule has 2 rings (SSSR count). The Bertz CT molecular complexity index is 381. The number of nitrogens with zero attached hydrogens (tertiary/aromatic N) is 2. The predicted molar refractivity (Wildman–Crippen MR) is 56.8 cm³/mol. The molecule has 1 amide bonds. The number of hydrogen-bond donors (Lipinski definition) is 0. The van der Waals surface area contributed by atoms with E-state index in [1.54, 1.807) is 6.92 Å². The van der Waals surface area contributed by atoms with Crippen molar-refractivity contribution < 1.29 is 14.2 Å². The minimum absolute atomic E-state index is 0.129. The van der Waals surface area contributed by atoms with E-state index in [-0.39, 0.29) is 5.91 Å². The summed E-state index contributed by atoms with van der Waals surface area (Å²) in [7, 11) is 0. The first-order valence-electron chi connectivity index (χ1n) is 5.64. The maximum atomic E-state index is 12.2. The fourth-order valence-corrected chi connectivity index (χ4v) is 1.82. The highest BCUT2D eigenvalue weighted by atomic mass is 16.7. The van der Waals surface area contributed by atoms with E-state index in [1.807, 2.05) is 6.92 Å². The molecule has 5 heteroatoms. The van der Waals surface area contributed by atoms with E-state index < -0.39 is 0 Å². The standard InChI is InChI=1S/C11H16N2O3/c1-3-9-10(8(2)16-12-9)11(14)13-6-4-5-7-15-13/h3-7H2,1-2H3. The van der Waals surface area contributed by atoms with Crippen molar-refractivity contribution in [3.05, 3.63) is 17.0 Å². The van der Waals surface area contributed by atoms with Gasteiger partial charge in [-0.25, -0.2) is 5.06 Å². The Labute approximate surface area is 94.3 Å². The highest BCUT2D eigenvalue weighted by molar-refractivity contribution is 5.95. The highest BCUT2D eigenvalue weighted by Crippen LogP contribution is 2.18. The molecule has 0 unspecified atom stereocenters. The first-order valence-corrected chi connectivity index (χ1v) is 5.64. The number of aromatic nitrogens is 1. The molecule has 0 aromatic carbocycles. The van der Waals surface area contributed by atoms with Crippen molar-refractivity contribution in [1.29, 1.82) is 0 Å². The van der Waals surface area contributed by atoms with Gasteiger partial charge in [0.15, 0.2) is 0 Å². The van der Waals surface area contributed by atoms with Gasteiger partial charge in [0, 0.05) is 6.54 Å². The van der Waals surface area contributed by atoms with Crippen LogP contribution in [0.25, 0.3) is 0 Å². The molecule has 1 aromatic heterocycles. The highest BCUT2D eigenvalue weighted by Gasteiger charge is 2.26. The molecule has 0 N–H and O–H groups in total. The van der Waals surface area contributed by atoms with E-state index in [0.717, 1.165) is 12.8 Å². The van der Waals surface area contributed by atoms with Crippen molar-refractivity contribution in [3.8, 4) is 0 Å². The normalized spacial score (nSPS) is 16.5. The minimum Gasteiger partial charge on any atom is -0.361 e. The molecule has 0 aliphatic carbocycles. The van der Waals surface area contributed by atoms with Crippen LogP contribution in [0, 0.1) is 6.92 Å². The zero-order valence-electron chi connectivity index (χ0n) is 9.65. The monoisotopic (exact) mass is 224 g/mol. The lowest BCUT2D eigenvalue weighted by Crippen LogP contribution is -2.36. The van der Waals surface area contributed by atoms with Gasteiger partial charge in [-0.1, -0.05) is 12.1 Å². The van der Waals surface area contributed by atoms with E-state index in [9.17, 15) is 4.79 Å². The van der Waals surface area contributed by atoms with Crippen LogP contribution >= 0.6 is 0 Å². The first kappa shape index (κ1) is 11.1. The molecule has 0 bridgehead atoms. The van der Waals surface area contributed by atoms with Crippen molar-refractivity contribution in [1.82, 2.24) is 10.2 Å². The third-order valence-electron chi connectivity index (χ3n) is 2.71. The zero-order chi connectivity index (χ0) is 11.5. The largest absolute Gasteiger partial charge is 0.361 e. The van der Waals surface area contributed by atoms with Crippen LogP contribution in [-0.2, 0) is 11.3 Å². The van der Waals surface area contributed by atoms with E-state index in [0.29, 0.717) is 36.6 Å². The molecule has 88 valence electrons. The SMILES string of the molecule is CCc1noc(C)c1C(=O)N1CCCCO1. The molecule has 1 aromatic rings. The fourth-order valence-electron chi connectivity index (χ4n) is 1.82. The molecule has 16 heavy (non-hydrogen) atoms. The van der Waals surface area contributed by atoms with Crippen molar-refractivity contribution in [2.24, 2.45) is 0 Å². The molecular weight excluding hydrogens is 208 g/mol.